The maximum Gasteiger partial charge on any atom is 0.251 e. The molecule has 0 radical (unpaired) electrons. The van der Waals surface area contributed by atoms with Crippen LogP contribution in [0.15, 0.2) is 66.1 Å². The van der Waals surface area contributed by atoms with Crippen LogP contribution in [0.4, 0.5) is 0 Å². The number of hydrogen-bond donors (Lipinski definition) is 1. The molecular weight excluding hydrogens is 416 g/mol. The lowest BCUT2D eigenvalue weighted by molar-refractivity contribution is 0.0857. The highest BCUT2D eigenvalue weighted by Gasteiger charge is 2.24. The van der Waals surface area contributed by atoms with E-state index in [4.69, 9.17) is 9.47 Å². The standard InChI is InChI=1S/C23H28N2O5S/c1-3-14-25(31(27,28)22-12-10-20(29-2)11-13-22)17-18-6-8-19(9-7-18)23(26)24-16-21-5-4-15-30-21/h3,6-13,21H,1,4-5,14-17H2,2H3,(H,24,26)/t21-/m1/s1. The Morgan fingerprint density at radius 2 is 1.94 bits per heavy atom. The number of rotatable bonds is 10. The van der Waals surface area contributed by atoms with Crippen LogP contribution in [0.25, 0.3) is 0 Å². The van der Waals surface area contributed by atoms with Crippen LogP contribution in [0.3, 0.4) is 0 Å². The third-order valence-electron chi connectivity index (χ3n) is 5.12. The summed E-state index contributed by atoms with van der Waals surface area (Å²) in [6.45, 7) is 5.25. The van der Waals surface area contributed by atoms with Gasteiger partial charge in [0.2, 0.25) is 10.0 Å². The quantitative estimate of drug-likeness (QED) is 0.570. The summed E-state index contributed by atoms with van der Waals surface area (Å²) in [5, 5.41) is 2.88. The van der Waals surface area contributed by atoms with Crippen molar-refractivity contribution in [3.63, 3.8) is 0 Å². The average Bonchev–Trinajstić information content (AvgIpc) is 3.31. The van der Waals surface area contributed by atoms with Gasteiger partial charge in [-0.2, -0.15) is 4.31 Å². The Morgan fingerprint density at radius 3 is 2.52 bits per heavy atom. The van der Waals surface area contributed by atoms with E-state index in [1.807, 2.05) is 0 Å². The summed E-state index contributed by atoms with van der Waals surface area (Å²) < 4.78 is 38.1. The first-order valence-corrected chi connectivity index (χ1v) is 11.6. The maximum absolute atomic E-state index is 13.1. The number of methoxy groups -OCH3 is 1. The molecule has 2 aromatic rings. The molecule has 0 aromatic heterocycles. The van der Waals surface area contributed by atoms with Crippen molar-refractivity contribution in [2.45, 2.75) is 30.4 Å². The number of amides is 1. The molecule has 0 bridgehead atoms. The molecule has 0 unspecified atom stereocenters. The first-order chi connectivity index (χ1) is 14.9. The molecule has 1 heterocycles. The molecule has 1 saturated heterocycles. The summed E-state index contributed by atoms with van der Waals surface area (Å²) in [6, 6.07) is 13.2. The van der Waals surface area contributed by atoms with Gasteiger partial charge in [-0.15, -0.1) is 6.58 Å². The van der Waals surface area contributed by atoms with Crippen molar-refractivity contribution in [3.8, 4) is 5.75 Å². The largest absolute Gasteiger partial charge is 0.497 e. The maximum atomic E-state index is 13.1. The summed E-state index contributed by atoms with van der Waals surface area (Å²) in [6.07, 6.45) is 3.61. The number of benzene rings is 2. The van der Waals surface area contributed by atoms with Crippen LogP contribution in [0.5, 0.6) is 5.75 Å². The minimum absolute atomic E-state index is 0.0823. The lowest BCUT2D eigenvalue weighted by Gasteiger charge is -2.21. The molecule has 1 aliphatic rings. The summed E-state index contributed by atoms with van der Waals surface area (Å²) in [7, 11) is -2.19. The van der Waals surface area contributed by atoms with E-state index in [-0.39, 0.29) is 30.0 Å². The van der Waals surface area contributed by atoms with Crippen LogP contribution >= 0.6 is 0 Å². The van der Waals surface area contributed by atoms with E-state index in [0.29, 0.717) is 17.9 Å². The molecule has 1 amide bonds. The van der Waals surface area contributed by atoms with E-state index in [0.717, 1.165) is 25.0 Å². The molecule has 8 heteroatoms. The van der Waals surface area contributed by atoms with Gasteiger partial charge < -0.3 is 14.8 Å². The second-order valence-corrected chi connectivity index (χ2v) is 9.24. The Labute approximate surface area is 183 Å². The molecule has 0 aliphatic carbocycles. The molecule has 1 fully saturated rings. The van der Waals surface area contributed by atoms with Crippen LogP contribution in [0.1, 0.15) is 28.8 Å². The van der Waals surface area contributed by atoms with Crippen LogP contribution < -0.4 is 10.1 Å². The Bertz CT molecular complexity index is 982. The van der Waals surface area contributed by atoms with Gasteiger partial charge in [-0.05, 0) is 54.8 Å². The van der Waals surface area contributed by atoms with Gasteiger partial charge in [0, 0.05) is 31.8 Å². The molecule has 31 heavy (non-hydrogen) atoms. The van der Waals surface area contributed by atoms with E-state index < -0.39 is 10.0 Å². The average molecular weight is 445 g/mol. The van der Waals surface area contributed by atoms with E-state index in [1.165, 1.54) is 23.5 Å². The van der Waals surface area contributed by atoms with Crippen molar-refractivity contribution in [2.24, 2.45) is 0 Å². The number of ether oxygens (including phenoxy) is 2. The Hall–Kier alpha value is -2.68. The van der Waals surface area contributed by atoms with Crippen molar-refractivity contribution < 1.29 is 22.7 Å². The lowest BCUT2D eigenvalue weighted by Crippen LogP contribution is -2.32. The SMILES string of the molecule is C=CCN(Cc1ccc(C(=O)NC[C@H]2CCCO2)cc1)S(=O)(=O)c1ccc(OC)cc1. The molecular formula is C23H28N2O5S. The van der Waals surface area contributed by atoms with Crippen LogP contribution in [-0.4, -0.2) is 51.5 Å². The number of nitrogens with zero attached hydrogens (tertiary/aromatic N) is 1. The van der Waals surface area contributed by atoms with E-state index in [2.05, 4.69) is 11.9 Å². The third kappa shape index (κ3) is 5.94. The number of carbonyl (C=O) groups is 1. The van der Waals surface area contributed by atoms with E-state index in [1.54, 1.807) is 42.5 Å². The van der Waals surface area contributed by atoms with Crippen molar-refractivity contribution in [3.05, 3.63) is 72.3 Å². The van der Waals surface area contributed by atoms with Gasteiger partial charge in [0.05, 0.1) is 18.1 Å². The molecule has 0 spiro atoms. The lowest BCUT2D eigenvalue weighted by atomic mass is 10.1. The molecule has 1 atom stereocenters. The topological polar surface area (TPSA) is 84.9 Å². The minimum atomic E-state index is -3.72. The molecule has 7 nitrogen and oxygen atoms in total. The number of carbonyl (C=O) groups excluding carboxylic acids is 1. The monoisotopic (exact) mass is 444 g/mol. The molecule has 166 valence electrons. The minimum Gasteiger partial charge on any atom is -0.497 e. The highest BCUT2D eigenvalue weighted by Crippen LogP contribution is 2.21. The predicted octanol–water partition coefficient (Wildman–Crippen LogP) is 2.98. The molecule has 1 N–H and O–H groups in total. The van der Waals surface area contributed by atoms with Gasteiger partial charge in [0.15, 0.2) is 0 Å². The zero-order valence-corrected chi connectivity index (χ0v) is 18.4. The van der Waals surface area contributed by atoms with Gasteiger partial charge in [-0.3, -0.25) is 4.79 Å². The Kier molecular flexibility index (Phi) is 7.84. The van der Waals surface area contributed by atoms with E-state index in [9.17, 15) is 13.2 Å². The van der Waals surface area contributed by atoms with E-state index >= 15 is 0 Å². The summed E-state index contributed by atoms with van der Waals surface area (Å²) in [4.78, 5) is 12.5. The number of nitrogens with one attached hydrogen (secondary N) is 1. The second kappa shape index (κ2) is 10.6. The zero-order valence-electron chi connectivity index (χ0n) is 17.6. The smallest absolute Gasteiger partial charge is 0.251 e. The summed E-state index contributed by atoms with van der Waals surface area (Å²) in [5.41, 5.74) is 1.30. The third-order valence-corrected chi connectivity index (χ3v) is 6.95. The second-order valence-electron chi connectivity index (χ2n) is 7.30. The molecule has 1 aliphatic heterocycles. The zero-order chi connectivity index (χ0) is 22.3. The van der Waals surface area contributed by atoms with Crippen molar-refractivity contribution in [2.75, 3.05) is 26.8 Å². The van der Waals surface area contributed by atoms with Crippen molar-refractivity contribution in [1.82, 2.24) is 9.62 Å². The van der Waals surface area contributed by atoms with Crippen LogP contribution in [0.2, 0.25) is 0 Å². The Morgan fingerprint density at radius 1 is 1.23 bits per heavy atom. The first kappa shape index (κ1) is 23.0. The summed E-state index contributed by atoms with van der Waals surface area (Å²) >= 11 is 0. The molecule has 2 aromatic carbocycles. The fraction of sp³-hybridized carbons (Fsp3) is 0.348. The molecule has 3 rings (SSSR count). The Balaban J connectivity index is 1.67. The van der Waals surface area contributed by atoms with Gasteiger partial charge in [-0.1, -0.05) is 18.2 Å². The fourth-order valence-electron chi connectivity index (χ4n) is 3.37. The van der Waals surface area contributed by atoms with Gasteiger partial charge in [-0.25, -0.2) is 8.42 Å². The van der Waals surface area contributed by atoms with Gasteiger partial charge in [0.25, 0.3) is 5.91 Å². The number of sulfonamides is 1. The van der Waals surface area contributed by atoms with Crippen LogP contribution in [0, 0.1) is 0 Å². The van der Waals surface area contributed by atoms with Crippen LogP contribution in [-0.2, 0) is 21.3 Å². The fourth-order valence-corrected chi connectivity index (χ4v) is 4.77. The van der Waals surface area contributed by atoms with Crippen molar-refractivity contribution >= 4 is 15.9 Å². The highest BCUT2D eigenvalue weighted by atomic mass is 32.2. The highest BCUT2D eigenvalue weighted by molar-refractivity contribution is 7.89. The van der Waals surface area contributed by atoms with Gasteiger partial charge in [0.1, 0.15) is 5.75 Å². The summed E-state index contributed by atoms with van der Waals surface area (Å²) in [5.74, 6) is 0.415. The molecule has 0 saturated carbocycles. The first-order valence-electron chi connectivity index (χ1n) is 10.2. The number of hydrogen-bond acceptors (Lipinski definition) is 5. The predicted molar refractivity (Wildman–Crippen MR) is 119 cm³/mol. The van der Waals surface area contributed by atoms with Gasteiger partial charge >= 0.3 is 0 Å². The van der Waals surface area contributed by atoms with Crippen molar-refractivity contribution in [1.29, 1.82) is 0 Å². The normalized spacial score (nSPS) is 16.3.